The highest BCUT2D eigenvalue weighted by Crippen LogP contribution is 2.33. The van der Waals surface area contributed by atoms with Gasteiger partial charge in [-0.15, -0.1) is 0 Å². The van der Waals surface area contributed by atoms with Gasteiger partial charge >= 0.3 is 0 Å². The second-order valence-electron chi connectivity index (χ2n) is 5.48. The number of anilines is 1. The van der Waals surface area contributed by atoms with E-state index in [1.807, 2.05) is 6.20 Å². The molecule has 0 aliphatic carbocycles. The van der Waals surface area contributed by atoms with Crippen LogP contribution in [-0.4, -0.2) is 23.4 Å². The average molecular weight is 274 g/mol. The number of nitrogens with one attached hydrogen (secondary N) is 1. The molecule has 20 heavy (non-hydrogen) atoms. The molecule has 3 nitrogen and oxygen atoms in total. The first-order chi connectivity index (χ1) is 9.69. The van der Waals surface area contributed by atoms with Gasteiger partial charge in [-0.3, -0.25) is 4.79 Å². The third-order valence-electron chi connectivity index (χ3n) is 4.20. The van der Waals surface area contributed by atoms with E-state index >= 15 is 0 Å². The molecule has 106 valence electrons. The lowest BCUT2D eigenvalue weighted by Crippen LogP contribution is -2.35. The standard InChI is InChI=1S/C16H19FN2O/c1-2-12-5-3-4-8-19(12)10-14-13-9-11(17)6-7-15(13)18-16(14)20/h6-7,9-10,12H,2-5,8H2,1H3,(H,18,20)/b14-10+. The Labute approximate surface area is 118 Å². The minimum absolute atomic E-state index is 0.133. The second kappa shape index (κ2) is 5.27. The number of fused-ring (bicyclic) bond motifs is 1. The van der Waals surface area contributed by atoms with Crippen LogP contribution in [0.3, 0.4) is 0 Å². The monoisotopic (exact) mass is 274 g/mol. The zero-order chi connectivity index (χ0) is 14.1. The molecule has 2 heterocycles. The number of hydrogen-bond acceptors (Lipinski definition) is 2. The van der Waals surface area contributed by atoms with Crippen molar-refractivity contribution in [2.24, 2.45) is 0 Å². The highest BCUT2D eigenvalue weighted by atomic mass is 19.1. The molecule has 4 heteroatoms. The van der Waals surface area contributed by atoms with Gasteiger partial charge in [-0.1, -0.05) is 6.92 Å². The number of nitrogens with zero attached hydrogens (tertiary/aromatic N) is 1. The first-order valence-electron chi connectivity index (χ1n) is 7.28. The highest BCUT2D eigenvalue weighted by molar-refractivity contribution is 6.31. The van der Waals surface area contributed by atoms with Crippen LogP contribution >= 0.6 is 0 Å². The summed E-state index contributed by atoms with van der Waals surface area (Å²) in [6, 6.07) is 4.92. The van der Waals surface area contributed by atoms with Crippen molar-refractivity contribution in [2.45, 2.75) is 38.6 Å². The van der Waals surface area contributed by atoms with Gasteiger partial charge in [0.2, 0.25) is 0 Å². The van der Waals surface area contributed by atoms with Gasteiger partial charge in [0.15, 0.2) is 0 Å². The van der Waals surface area contributed by atoms with Gasteiger partial charge in [-0.2, -0.15) is 0 Å². The molecule has 0 aromatic heterocycles. The van der Waals surface area contributed by atoms with Crippen LogP contribution in [0.5, 0.6) is 0 Å². The Morgan fingerprint density at radius 2 is 2.30 bits per heavy atom. The Hall–Kier alpha value is -1.84. The molecule has 0 saturated carbocycles. The molecule has 2 aliphatic rings. The first kappa shape index (κ1) is 13.2. The molecule has 1 atom stereocenters. The number of rotatable bonds is 2. The highest BCUT2D eigenvalue weighted by Gasteiger charge is 2.27. The molecule has 1 unspecified atom stereocenters. The number of likely N-dealkylation sites (tertiary alicyclic amines) is 1. The number of amides is 1. The lowest BCUT2D eigenvalue weighted by Gasteiger charge is -2.34. The molecule has 1 amide bonds. The lowest BCUT2D eigenvalue weighted by molar-refractivity contribution is -0.110. The van der Waals surface area contributed by atoms with Crippen LogP contribution in [0.4, 0.5) is 10.1 Å². The topological polar surface area (TPSA) is 32.3 Å². The van der Waals surface area contributed by atoms with E-state index in [4.69, 9.17) is 0 Å². The molecule has 1 aromatic rings. The minimum atomic E-state index is -0.308. The SMILES string of the molecule is CCC1CCCCN1/C=C1/C(=O)Nc2ccc(F)cc21. The number of carbonyl (C=O) groups is 1. The maximum Gasteiger partial charge on any atom is 0.257 e. The van der Waals surface area contributed by atoms with Crippen molar-refractivity contribution in [3.05, 3.63) is 35.8 Å². The molecule has 0 radical (unpaired) electrons. The molecular formula is C16H19FN2O. The zero-order valence-corrected chi connectivity index (χ0v) is 11.7. The Bertz CT molecular complexity index is 568. The number of carbonyl (C=O) groups excluding carboxylic acids is 1. The number of hydrogen-bond donors (Lipinski definition) is 1. The van der Waals surface area contributed by atoms with E-state index < -0.39 is 0 Å². The summed E-state index contributed by atoms with van der Waals surface area (Å²) in [7, 11) is 0. The van der Waals surface area contributed by atoms with Gasteiger partial charge in [-0.25, -0.2) is 4.39 Å². The predicted molar refractivity (Wildman–Crippen MR) is 77.6 cm³/mol. The van der Waals surface area contributed by atoms with E-state index in [0.29, 0.717) is 22.9 Å². The Balaban J connectivity index is 1.95. The molecule has 3 rings (SSSR count). The molecule has 2 aliphatic heterocycles. The van der Waals surface area contributed by atoms with Crippen molar-refractivity contribution in [2.75, 3.05) is 11.9 Å². The van der Waals surface area contributed by atoms with Crippen LogP contribution in [0, 0.1) is 5.82 Å². The van der Waals surface area contributed by atoms with Crippen LogP contribution in [0.25, 0.3) is 5.57 Å². The Morgan fingerprint density at radius 1 is 1.45 bits per heavy atom. The van der Waals surface area contributed by atoms with Gasteiger partial charge in [0.05, 0.1) is 5.57 Å². The second-order valence-corrected chi connectivity index (χ2v) is 5.48. The maximum absolute atomic E-state index is 13.4. The van der Waals surface area contributed by atoms with Crippen LogP contribution < -0.4 is 5.32 Å². The summed E-state index contributed by atoms with van der Waals surface area (Å²) in [5.41, 5.74) is 1.96. The van der Waals surface area contributed by atoms with Crippen LogP contribution in [0.1, 0.15) is 38.2 Å². The fraction of sp³-hybridized carbons (Fsp3) is 0.438. The summed E-state index contributed by atoms with van der Waals surface area (Å²) in [6.45, 7) is 3.14. The van der Waals surface area contributed by atoms with Crippen LogP contribution in [0.15, 0.2) is 24.4 Å². The van der Waals surface area contributed by atoms with Crippen molar-refractivity contribution < 1.29 is 9.18 Å². The first-order valence-corrected chi connectivity index (χ1v) is 7.28. The van der Waals surface area contributed by atoms with Crippen molar-refractivity contribution >= 4 is 17.2 Å². The van der Waals surface area contributed by atoms with Gasteiger partial charge in [-0.05, 0) is 43.9 Å². The Morgan fingerprint density at radius 3 is 3.10 bits per heavy atom. The van der Waals surface area contributed by atoms with Crippen LogP contribution in [0.2, 0.25) is 0 Å². The molecular weight excluding hydrogens is 255 g/mol. The molecule has 1 N–H and O–H groups in total. The fourth-order valence-electron chi connectivity index (χ4n) is 3.09. The summed E-state index contributed by atoms with van der Waals surface area (Å²) in [4.78, 5) is 14.3. The van der Waals surface area contributed by atoms with E-state index in [0.717, 1.165) is 25.8 Å². The van der Waals surface area contributed by atoms with Gasteiger partial charge in [0.25, 0.3) is 5.91 Å². The quantitative estimate of drug-likeness (QED) is 0.838. The van der Waals surface area contributed by atoms with Crippen molar-refractivity contribution in [1.29, 1.82) is 0 Å². The molecule has 0 spiro atoms. The average Bonchev–Trinajstić information content (AvgIpc) is 2.76. The Kier molecular flexibility index (Phi) is 3.47. The van der Waals surface area contributed by atoms with Gasteiger partial charge in [0.1, 0.15) is 5.82 Å². The smallest absolute Gasteiger partial charge is 0.257 e. The normalized spacial score (nSPS) is 23.9. The van der Waals surface area contributed by atoms with E-state index in [9.17, 15) is 9.18 Å². The lowest BCUT2D eigenvalue weighted by atomic mass is 9.99. The van der Waals surface area contributed by atoms with Crippen molar-refractivity contribution in [3.8, 4) is 0 Å². The van der Waals surface area contributed by atoms with Gasteiger partial charge < -0.3 is 10.2 Å². The molecule has 1 aromatic carbocycles. The number of piperidine rings is 1. The third kappa shape index (κ3) is 2.30. The summed E-state index contributed by atoms with van der Waals surface area (Å²) in [5, 5.41) is 2.80. The summed E-state index contributed by atoms with van der Waals surface area (Å²) < 4.78 is 13.4. The summed E-state index contributed by atoms with van der Waals surface area (Å²) in [5.74, 6) is -0.442. The van der Waals surface area contributed by atoms with E-state index in [1.54, 1.807) is 6.07 Å². The largest absolute Gasteiger partial charge is 0.374 e. The van der Waals surface area contributed by atoms with E-state index in [1.165, 1.54) is 18.6 Å². The molecule has 1 saturated heterocycles. The van der Waals surface area contributed by atoms with Gasteiger partial charge in [0, 0.05) is 30.0 Å². The fourth-order valence-corrected chi connectivity index (χ4v) is 3.09. The van der Waals surface area contributed by atoms with E-state index in [-0.39, 0.29) is 11.7 Å². The van der Waals surface area contributed by atoms with Crippen LogP contribution in [-0.2, 0) is 4.79 Å². The summed E-state index contributed by atoms with van der Waals surface area (Å²) >= 11 is 0. The summed E-state index contributed by atoms with van der Waals surface area (Å²) in [6.07, 6.45) is 6.56. The van der Waals surface area contributed by atoms with Crippen molar-refractivity contribution in [1.82, 2.24) is 4.90 Å². The minimum Gasteiger partial charge on any atom is -0.374 e. The number of benzene rings is 1. The third-order valence-corrected chi connectivity index (χ3v) is 4.20. The maximum atomic E-state index is 13.4. The predicted octanol–water partition coefficient (Wildman–Crippen LogP) is 3.38. The van der Waals surface area contributed by atoms with Crippen molar-refractivity contribution in [3.63, 3.8) is 0 Å². The zero-order valence-electron chi connectivity index (χ0n) is 11.7. The molecule has 0 bridgehead atoms. The molecule has 1 fully saturated rings. The van der Waals surface area contributed by atoms with E-state index in [2.05, 4.69) is 17.1 Å². The number of halogens is 1.